The summed E-state index contributed by atoms with van der Waals surface area (Å²) in [6, 6.07) is 3.58. The molecule has 124 valence electrons. The van der Waals surface area contributed by atoms with E-state index >= 15 is 0 Å². The van der Waals surface area contributed by atoms with Crippen LogP contribution >= 0.6 is 0 Å². The molecule has 2 aliphatic heterocycles. The van der Waals surface area contributed by atoms with Crippen molar-refractivity contribution in [1.29, 1.82) is 0 Å². The van der Waals surface area contributed by atoms with E-state index in [-0.39, 0.29) is 24.3 Å². The van der Waals surface area contributed by atoms with Crippen molar-refractivity contribution in [3.63, 3.8) is 0 Å². The summed E-state index contributed by atoms with van der Waals surface area (Å²) in [7, 11) is 3.14. The Morgan fingerprint density at radius 2 is 2.09 bits per heavy atom. The number of esters is 1. The first-order valence-electron chi connectivity index (χ1n) is 7.88. The van der Waals surface area contributed by atoms with Crippen molar-refractivity contribution >= 4 is 5.97 Å². The first-order chi connectivity index (χ1) is 11.1. The van der Waals surface area contributed by atoms with Gasteiger partial charge in [-0.15, -0.1) is 0 Å². The Bertz CT molecular complexity index is 622. The number of ether oxygens (including phenoxy) is 4. The second-order valence-electron chi connectivity index (χ2n) is 5.98. The molecule has 1 aromatic carbocycles. The molecule has 0 amide bonds. The lowest BCUT2D eigenvalue weighted by atomic mass is 9.94. The van der Waals surface area contributed by atoms with Gasteiger partial charge >= 0.3 is 5.97 Å². The van der Waals surface area contributed by atoms with Crippen molar-refractivity contribution in [2.24, 2.45) is 0 Å². The van der Waals surface area contributed by atoms with Crippen LogP contribution in [0.3, 0.4) is 0 Å². The summed E-state index contributed by atoms with van der Waals surface area (Å²) >= 11 is 0. The third kappa shape index (κ3) is 3.34. The molecule has 5 heteroatoms. The standard InChI is InChI=1S/C18H22O5/c1-11-5-4-6-13(22-11)9-15-8-12-7-14(20-2)10-16(21-3)17(12)18(19)23-15/h4,6-7,10-11,13,15H,5,8-9H2,1-3H3/t11-,13+,15+/m0/s1. The third-order valence-electron chi connectivity index (χ3n) is 4.26. The minimum Gasteiger partial charge on any atom is -0.497 e. The summed E-state index contributed by atoms with van der Waals surface area (Å²) in [6.07, 6.45) is 6.40. The lowest BCUT2D eigenvalue weighted by Crippen LogP contribution is -2.33. The zero-order valence-electron chi connectivity index (χ0n) is 13.7. The Labute approximate surface area is 136 Å². The van der Waals surface area contributed by atoms with E-state index in [1.165, 1.54) is 7.11 Å². The number of carbonyl (C=O) groups excluding carboxylic acids is 1. The summed E-state index contributed by atoms with van der Waals surface area (Å²) in [5.41, 5.74) is 1.40. The molecule has 2 heterocycles. The van der Waals surface area contributed by atoms with Gasteiger partial charge in [0, 0.05) is 18.9 Å². The van der Waals surface area contributed by atoms with Crippen LogP contribution in [0, 0.1) is 0 Å². The predicted molar refractivity (Wildman–Crippen MR) is 85.2 cm³/mol. The number of benzene rings is 1. The molecule has 3 rings (SSSR count). The minimum atomic E-state index is -0.344. The van der Waals surface area contributed by atoms with Gasteiger partial charge in [0.05, 0.1) is 26.4 Å². The Morgan fingerprint density at radius 1 is 1.26 bits per heavy atom. The molecule has 0 bridgehead atoms. The van der Waals surface area contributed by atoms with Crippen LogP contribution < -0.4 is 9.47 Å². The lowest BCUT2D eigenvalue weighted by molar-refractivity contribution is -0.0228. The van der Waals surface area contributed by atoms with Crippen LogP contribution in [0.1, 0.15) is 35.7 Å². The van der Waals surface area contributed by atoms with E-state index in [1.54, 1.807) is 13.2 Å². The predicted octanol–water partition coefficient (Wildman–Crippen LogP) is 2.91. The van der Waals surface area contributed by atoms with Crippen LogP contribution in [-0.2, 0) is 15.9 Å². The first-order valence-corrected chi connectivity index (χ1v) is 7.88. The van der Waals surface area contributed by atoms with E-state index in [2.05, 4.69) is 19.1 Å². The highest BCUT2D eigenvalue weighted by atomic mass is 16.6. The fourth-order valence-electron chi connectivity index (χ4n) is 3.16. The maximum Gasteiger partial charge on any atom is 0.342 e. The van der Waals surface area contributed by atoms with Crippen molar-refractivity contribution in [2.45, 2.75) is 44.5 Å². The highest BCUT2D eigenvalue weighted by Gasteiger charge is 2.32. The largest absolute Gasteiger partial charge is 0.497 e. The van der Waals surface area contributed by atoms with Gasteiger partial charge in [-0.2, -0.15) is 0 Å². The summed E-state index contributed by atoms with van der Waals surface area (Å²) in [5, 5.41) is 0. The topological polar surface area (TPSA) is 54.0 Å². The smallest absolute Gasteiger partial charge is 0.342 e. The summed E-state index contributed by atoms with van der Waals surface area (Å²) < 4.78 is 22.1. The van der Waals surface area contributed by atoms with Crippen molar-refractivity contribution in [3.05, 3.63) is 35.4 Å². The highest BCUT2D eigenvalue weighted by molar-refractivity contribution is 5.95. The second kappa shape index (κ2) is 6.62. The van der Waals surface area contributed by atoms with Gasteiger partial charge in [0.2, 0.25) is 0 Å². The van der Waals surface area contributed by atoms with E-state index in [0.29, 0.717) is 29.9 Å². The molecular weight excluding hydrogens is 296 g/mol. The maximum atomic E-state index is 12.4. The quantitative estimate of drug-likeness (QED) is 0.631. The summed E-state index contributed by atoms with van der Waals surface area (Å²) in [6.45, 7) is 2.05. The molecule has 0 saturated carbocycles. The molecule has 1 aromatic rings. The van der Waals surface area contributed by atoms with Crippen molar-refractivity contribution < 1.29 is 23.7 Å². The molecule has 3 atom stereocenters. The Balaban J connectivity index is 1.81. The van der Waals surface area contributed by atoms with Crippen LogP contribution in [0.4, 0.5) is 0 Å². The van der Waals surface area contributed by atoms with Crippen LogP contribution in [0.2, 0.25) is 0 Å². The molecule has 0 N–H and O–H groups in total. The van der Waals surface area contributed by atoms with Gasteiger partial charge in [0.15, 0.2) is 0 Å². The van der Waals surface area contributed by atoms with Gasteiger partial charge in [-0.05, 0) is 25.0 Å². The molecule has 0 saturated heterocycles. The zero-order valence-corrected chi connectivity index (χ0v) is 13.7. The highest BCUT2D eigenvalue weighted by Crippen LogP contribution is 2.34. The molecule has 23 heavy (non-hydrogen) atoms. The van der Waals surface area contributed by atoms with Crippen molar-refractivity contribution in [3.8, 4) is 11.5 Å². The number of cyclic esters (lactones) is 1. The van der Waals surface area contributed by atoms with Crippen LogP contribution in [0.5, 0.6) is 11.5 Å². The number of hydrogen-bond donors (Lipinski definition) is 0. The van der Waals surface area contributed by atoms with E-state index < -0.39 is 0 Å². The maximum absolute atomic E-state index is 12.4. The summed E-state index contributed by atoms with van der Waals surface area (Å²) in [4.78, 5) is 12.4. The Morgan fingerprint density at radius 3 is 2.78 bits per heavy atom. The fraction of sp³-hybridized carbons (Fsp3) is 0.500. The molecule has 0 radical (unpaired) electrons. The molecule has 0 spiro atoms. The first kappa shape index (κ1) is 15.9. The van der Waals surface area contributed by atoms with Crippen LogP contribution in [0.25, 0.3) is 0 Å². The SMILES string of the molecule is COc1cc2c(c(OC)c1)C(=O)O[C@@H](C[C@H]1C=CC[C@H](C)O1)C2. The van der Waals surface area contributed by atoms with Gasteiger partial charge in [-0.25, -0.2) is 4.79 Å². The summed E-state index contributed by atoms with van der Waals surface area (Å²) in [5.74, 6) is 0.824. The number of methoxy groups -OCH3 is 2. The average molecular weight is 318 g/mol. The van der Waals surface area contributed by atoms with E-state index in [1.807, 2.05) is 6.07 Å². The van der Waals surface area contributed by atoms with Crippen molar-refractivity contribution in [2.75, 3.05) is 14.2 Å². The Hall–Kier alpha value is -2.01. The number of carbonyl (C=O) groups is 1. The van der Waals surface area contributed by atoms with Gasteiger partial charge in [0.25, 0.3) is 0 Å². The average Bonchev–Trinajstić information content (AvgIpc) is 2.53. The third-order valence-corrected chi connectivity index (χ3v) is 4.26. The molecular formula is C18H22O5. The molecule has 0 aromatic heterocycles. The molecule has 5 nitrogen and oxygen atoms in total. The second-order valence-corrected chi connectivity index (χ2v) is 5.98. The molecule has 0 aliphatic carbocycles. The zero-order chi connectivity index (χ0) is 16.4. The fourth-order valence-corrected chi connectivity index (χ4v) is 3.16. The molecule has 0 fully saturated rings. The van der Waals surface area contributed by atoms with Gasteiger partial charge < -0.3 is 18.9 Å². The minimum absolute atomic E-state index is 0.00870. The van der Waals surface area contributed by atoms with Gasteiger partial charge in [-0.3, -0.25) is 0 Å². The number of hydrogen-bond acceptors (Lipinski definition) is 5. The van der Waals surface area contributed by atoms with Crippen LogP contribution in [-0.4, -0.2) is 38.5 Å². The lowest BCUT2D eigenvalue weighted by Gasteiger charge is -2.30. The normalized spacial score (nSPS) is 26.4. The number of rotatable bonds is 4. The van der Waals surface area contributed by atoms with Gasteiger partial charge in [0.1, 0.15) is 23.2 Å². The van der Waals surface area contributed by atoms with Gasteiger partial charge in [-0.1, -0.05) is 12.2 Å². The molecule has 0 unspecified atom stereocenters. The van der Waals surface area contributed by atoms with E-state index in [0.717, 1.165) is 12.0 Å². The monoisotopic (exact) mass is 318 g/mol. The van der Waals surface area contributed by atoms with Crippen molar-refractivity contribution in [1.82, 2.24) is 0 Å². The Kier molecular flexibility index (Phi) is 4.57. The van der Waals surface area contributed by atoms with E-state index in [4.69, 9.17) is 18.9 Å². The van der Waals surface area contributed by atoms with E-state index in [9.17, 15) is 4.79 Å². The van der Waals surface area contributed by atoms with Crippen LogP contribution in [0.15, 0.2) is 24.3 Å². The molecule has 2 aliphatic rings. The number of fused-ring (bicyclic) bond motifs is 1.